The van der Waals surface area contributed by atoms with Gasteiger partial charge in [0.2, 0.25) is 0 Å². The van der Waals surface area contributed by atoms with Gasteiger partial charge in [-0.1, -0.05) is 23.7 Å². The van der Waals surface area contributed by atoms with Gasteiger partial charge in [0.05, 0.1) is 17.9 Å². The number of imidazole rings is 1. The van der Waals surface area contributed by atoms with E-state index in [-0.39, 0.29) is 16.6 Å². The average molecular weight is 309 g/mol. The van der Waals surface area contributed by atoms with Gasteiger partial charge in [-0.2, -0.15) is 0 Å². The number of hydrogen-bond acceptors (Lipinski definition) is 3. The van der Waals surface area contributed by atoms with Crippen LogP contribution in [0.3, 0.4) is 0 Å². The SMILES string of the molecule is O=S(=O)(Cl)c1cn(Cc2cccc(F)c2Cl)cn1. The quantitative estimate of drug-likeness (QED) is 0.819. The van der Waals surface area contributed by atoms with Gasteiger partial charge < -0.3 is 4.57 Å². The van der Waals surface area contributed by atoms with Crippen LogP contribution < -0.4 is 0 Å². The molecule has 0 aliphatic carbocycles. The molecule has 96 valence electrons. The van der Waals surface area contributed by atoms with Crippen LogP contribution in [0.25, 0.3) is 0 Å². The molecule has 8 heteroatoms. The standard InChI is InChI=1S/C10H7Cl2FN2O2S/c11-10-7(2-1-3-8(10)13)4-15-5-9(14-6-15)18(12,16)17/h1-3,5-6H,4H2. The van der Waals surface area contributed by atoms with E-state index in [4.69, 9.17) is 22.3 Å². The molecule has 0 N–H and O–H groups in total. The summed E-state index contributed by atoms with van der Waals surface area (Å²) in [7, 11) is 1.28. The van der Waals surface area contributed by atoms with E-state index in [9.17, 15) is 12.8 Å². The van der Waals surface area contributed by atoms with Crippen LogP contribution in [0.1, 0.15) is 5.56 Å². The van der Waals surface area contributed by atoms with E-state index in [1.807, 2.05) is 0 Å². The molecule has 1 heterocycles. The van der Waals surface area contributed by atoms with Crippen LogP contribution >= 0.6 is 22.3 Å². The van der Waals surface area contributed by atoms with Gasteiger partial charge >= 0.3 is 0 Å². The normalized spacial score (nSPS) is 11.7. The van der Waals surface area contributed by atoms with Gasteiger partial charge in [-0.3, -0.25) is 0 Å². The highest BCUT2D eigenvalue weighted by atomic mass is 35.7. The van der Waals surface area contributed by atoms with Crippen molar-refractivity contribution in [3.8, 4) is 0 Å². The molecule has 0 spiro atoms. The Balaban J connectivity index is 2.30. The van der Waals surface area contributed by atoms with E-state index in [1.54, 1.807) is 6.07 Å². The molecule has 0 fully saturated rings. The fourth-order valence-electron chi connectivity index (χ4n) is 1.42. The summed E-state index contributed by atoms with van der Waals surface area (Å²) in [5, 5.41) is -0.252. The van der Waals surface area contributed by atoms with E-state index in [0.717, 1.165) is 0 Å². The summed E-state index contributed by atoms with van der Waals surface area (Å²) in [5.41, 5.74) is 0.521. The molecule has 1 aromatic heterocycles. The number of hydrogen-bond donors (Lipinski definition) is 0. The Labute approximate surface area is 112 Å². The fraction of sp³-hybridized carbons (Fsp3) is 0.100. The van der Waals surface area contributed by atoms with Crippen molar-refractivity contribution in [3.05, 3.63) is 47.1 Å². The van der Waals surface area contributed by atoms with E-state index in [1.165, 1.54) is 29.2 Å². The van der Waals surface area contributed by atoms with Gasteiger partial charge in [-0.25, -0.2) is 17.8 Å². The molecule has 2 aromatic rings. The maximum atomic E-state index is 13.2. The molecule has 1 aromatic carbocycles. The Morgan fingerprint density at radius 3 is 2.72 bits per heavy atom. The Hall–Kier alpha value is -1.11. The maximum Gasteiger partial charge on any atom is 0.280 e. The van der Waals surface area contributed by atoms with Gasteiger partial charge in [0.1, 0.15) is 5.82 Å². The maximum absolute atomic E-state index is 13.2. The smallest absolute Gasteiger partial charge is 0.280 e. The molecule has 18 heavy (non-hydrogen) atoms. The lowest BCUT2D eigenvalue weighted by molar-refractivity contribution is 0.606. The minimum absolute atomic E-state index is 0.00137. The zero-order chi connectivity index (χ0) is 13.3. The summed E-state index contributed by atoms with van der Waals surface area (Å²) in [6, 6.07) is 4.40. The van der Waals surface area contributed by atoms with Gasteiger partial charge in [-0.15, -0.1) is 0 Å². The highest BCUT2D eigenvalue weighted by Gasteiger charge is 2.14. The highest BCUT2D eigenvalue weighted by molar-refractivity contribution is 8.13. The van der Waals surface area contributed by atoms with E-state index >= 15 is 0 Å². The Morgan fingerprint density at radius 1 is 1.39 bits per heavy atom. The number of aromatic nitrogens is 2. The number of rotatable bonds is 3. The lowest BCUT2D eigenvalue weighted by Gasteiger charge is -2.05. The van der Waals surface area contributed by atoms with E-state index in [2.05, 4.69) is 4.98 Å². The van der Waals surface area contributed by atoms with Crippen LogP contribution in [0.2, 0.25) is 5.02 Å². The van der Waals surface area contributed by atoms with Crippen LogP contribution in [-0.4, -0.2) is 18.0 Å². The molecule has 4 nitrogen and oxygen atoms in total. The van der Waals surface area contributed by atoms with Gasteiger partial charge in [-0.05, 0) is 11.6 Å². The largest absolute Gasteiger partial charge is 0.332 e. The third kappa shape index (κ3) is 2.82. The van der Waals surface area contributed by atoms with Crippen molar-refractivity contribution >= 4 is 31.3 Å². The molecule has 0 radical (unpaired) electrons. The van der Waals surface area contributed by atoms with Crippen molar-refractivity contribution in [2.45, 2.75) is 11.6 Å². The fourth-order valence-corrected chi connectivity index (χ4v) is 2.28. The number of nitrogens with zero attached hydrogens (tertiary/aromatic N) is 2. The second-order valence-corrected chi connectivity index (χ2v) is 6.43. The zero-order valence-corrected chi connectivity index (χ0v) is 11.2. The minimum atomic E-state index is -3.86. The van der Waals surface area contributed by atoms with Crippen molar-refractivity contribution in [2.24, 2.45) is 0 Å². The molecule has 0 unspecified atom stereocenters. The Bertz CT molecular complexity index is 685. The monoisotopic (exact) mass is 308 g/mol. The van der Waals surface area contributed by atoms with Gasteiger partial charge in [0.25, 0.3) is 9.05 Å². The Morgan fingerprint density at radius 2 is 2.11 bits per heavy atom. The van der Waals surface area contributed by atoms with Crippen molar-refractivity contribution in [1.29, 1.82) is 0 Å². The van der Waals surface area contributed by atoms with Crippen LogP contribution in [0.4, 0.5) is 4.39 Å². The lowest BCUT2D eigenvalue weighted by atomic mass is 10.2. The third-order valence-corrected chi connectivity index (χ3v) is 3.85. The van der Waals surface area contributed by atoms with Gasteiger partial charge in [0.15, 0.2) is 5.03 Å². The second kappa shape index (κ2) is 4.87. The first-order chi connectivity index (χ1) is 8.38. The predicted octanol–water partition coefficient (Wildman–Crippen LogP) is 2.65. The summed E-state index contributed by atoms with van der Waals surface area (Å²) >= 11 is 5.79. The van der Waals surface area contributed by atoms with Crippen molar-refractivity contribution in [3.63, 3.8) is 0 Å². The average Bonchev–Trinajstić information content (AvgIpc) is 2.73. The zero-order valence-electron chi connectivity index (χ0n) is 8.85. The molecule has 2 rings (SSSR count). The van der Waals surface area contributed by atoms with E-state index < -0.39 is 14.9 Å². The molecular formula is C10H7Cl2FN2O2S. The van der Waals surface area contributed by atoms with Crippen molar-refractivity contribution in [2.75, 3.05) is 0 Å². The van der Waals surface area contributed by atoms with Crippen LogP contribution in [-0.2, 0) is 15.6 Å². The number of benzene rings is 1. The third-order valence-electron chi connectivity index (χ3n) is 2.24. The first kappa shape index (κ1) is 13.3. The van der Waals surface area contributed by atoms with E-state index in [0.29, 0.717) is 5.56 Å². The minimum Gasteiger partial charge on any atom is -0.332 e. The lowest BCUT2D eigenvalue weighted by Crippen LogP contribution is -1.98. The first-order valence-electron chi connectivity index (χ1n) is 4.77. The first-order valence-corrected chi connectivity index (χ1v) is 7.46. The second-order valence-electron chi connectivity index (χ2n) is 3.54. The molecule has 0 saturated carbocycles. The van der Waals surface area contributed by atoms with Gasteiger partial charge in [0, 0.05) is 16.9 Å². The summed E-state index contributed by atoms with van der Waals surface area (Å²) in [4.78, 5) is 3.64. The van der Waals surface area contributed by atoms with Crippen molar-refractivity contribution in [1.82, 2.24) is 9.55 Å². The van der Waals surface area contributed by atoms with Crippen LogP contribution in [0, 0.1) is 5.82 Å². The summed E-state index contributed by atoms with van der Waals surface area (Å²) in [6.07, 6.45) is 2.54. The van der Waals surface area contributed by atoms with Crippen LogP contribution in [0.15, 0.2) is 35.7 Å². The predicted molar refractivity (Wildman–Crippen MR) is 65.8 cm³/mol. The molecule has 0 amide bonds. The topological polar surface area (TPSA) is 52.0 Å². The van der Waals surface area contributed by atoms with Crippen LogP contribution in [0.5, 0.6) is 0 Å². The summed E-state index contributed by atoms with van der Waals surface area (Å²) < 4.78 is 36.7. The molecule has 0 saturated heterocycles. The molecule has 0 aliphatic heterocycles. The number of halogens is 3. The Kier molecular flexibility index (Phi) is 3.61. The summed E-state index contributed by atoms with van der Waals surface area (Å²) in [5.74, 6) is -0.528. The molecule has 0 atom stereocenters. The molecular weight excluding hydrogens is 302 g/mol. The molecule has 0 bridgehead atoms. The molecule has 0 aliphatic rings. The van der Waals surface area contributed by atoms with Crippen molar-refractivity contribution < 1.29 is 12.8 Å². The summed E-state index contributed by atoms with van der Waals surface area (Å²) in [6.45, 7) is 0.204. The highest BCUT2D eigenvalue weighted by Crippen LogP contribution is 2.21.